The van der Waals surface area contributed by atoms with Crippen LogP contribution < -0.4 is 11.1 Å². The van der Waals surface area contributed by atoms with Gasteiger partial charge in [0.1, 0.15) is 23.2 Å². The molecule has 0 bridgehead atoms. The highest BCUT2D eigenvalue weighted by atomic mass is 19.1. The Hall–Kier alpha value is -2.63. The topological polar surface area (TPSA) is 79.7 Å². The van der Waals surface area contributed by atoms with Crippen molar-refractivity contribution in [3.63, 3.8) is 0 Å². The van der Waals surface area contributed by atoms with Crippen LogP contribution in [0.1, 0.15) is 18.2 Å². The Balaban J connectivity index is 2.34. The number of hydrogen-bond acceptors (Lipinski definition) is 3. The maximum Gasteiger partial charge on any atom is 0.143 e. The fraction of sp³-hybridized carbons (Fsp3) is 0.200. The van der Waals surface area contributed by atoms with E-state index in [4.69, 9.17) is 11.1 Å². The summed E-state index contributed by atoms with van der Waals surface area (Å²) >= 11 is 0. The molecular weight excluding hydrogens is 269 g/mol. The zero-order chi connectivity index (χ0) is 15.4. The highest BCUT2D eigenvalue weighted by Gasteiger charge is 2.12. The third-order valence-corrected chi connectivity index (χ3v) is 3.06. The molecule has 1 unspecified atom stereocenters. The molecule has 2 aromatic rings. The fourth-order valence-corrected chi connectivity index (χ4v) is 1.87. The molecule has 0 spiro atoms. The summed E-state index contributed by atoms with van der Waals surface area (Å²) in [6.07, 6.45) is 1.74. The second-order valence-corrected chi connectivity index (χ2v) is 4.75. The van der Waals surface area contributed by atoms with Crippen molar-refractivity contribution in [2.75, 3.05) is 5.32 Å². The lowest BCUT2D eigenvalue weighted by molar-refractivity contribution is 0.586. The van der Waals surface area contributed by atoms with Crippen molar-refractivity contribution in [2.24, 2.45) is 5.73 Å². The molecule has 1 aromatic heterocycles. The largest absolute Gasteiger partial charge is 0.382 e. The number of nitrogens with zero attached hydrogens (tertiary/aromatic N) is 2. The van der Waals surface area contributed by atoms with Crippen LogP contribution in [0.2, 0.25) is 0 Å². The zero-order valence-corrected chi connectivity index (χ0v) is 11.8. The van der Waals surface area contributed by atoms with Gasteiger partial charge in [-0.25, -0.2) is 9.07 Å². The number of nitrogen functional groups attached to an aromatic ring is 1. The molecule has 1 aromatic carbocycles. The van der Waals surface area contributed by atoms with Crippen LogP contribution in [0.25, 0.3) is 0 Å². The second kappa shape index (κ2) is 6.21. The van der Waals surface area contributed by atoms with Gasteiger partial charge >= 0.3 is 0 Å². The van der Waals surface area contributed by atoms with Crippen molar-refractivity contribution >= 4 is 11.7 Å². The number of halogens is 1. The van der Waals surface area contributed by atoms with Gasteiger partial charge in [-0.1, -0.05) is 24.3 Å². The van der Waals surface area contributed by atoms with Crippen molar-refractivity contribution in [3.05, 3.63) is 60.1 Å². The lowest BCUT2D eigenvalue weighted by Gasteiger charge is -2.13. The summed E-state index contributed by atoms with van der Waals surface area (Å²) in [5.41, 5.74) is 6.34. The molecule has 0 saturated carbocycles. The van der Waals surface area contributed by atoms with Gasteiger partial charge in [-0.3, -0.25) is 5.41 Å². The van der Waals surface area contributed by atoms with Gasteiger partial charge in [0.25, 0.3) is 0 Å². The molecule has 1 atom stereocenters. The van der Waals surface area contributed by atoms with E-state index in [1.54, 1.807) is 35.0 Å². The van der Waals surface area contributed by atoms with Crippen LogP contribution in [0.5, 0.6) is 0 Å². The van der Waals surface area contributed by atoms with E-state index in [9.17, 15) is 4.39 Å². The van der Waals surface area contributed by atoms with E-state index in [1.807, 2.05) is 6.92 Å². The first-order valence-corrected chi connectivity index (χ1v) is 6.56. The molecule has 0 aliphatic rings. The molecule has 1 heterocycles. The van der Waals surface area contributed by atoms with Gasteiger partial charge < -0.3 is 11.1 Å². The van der Waals surface area contributed by atoms with Crippen molar-refractivity contribution in [1.82, 2.24) is 9.78 Å². The van der Waals surface area contributed by atoms with Crippen molar-refractivity contribution in [1.29, 1.82) is 5.41 Å². The summed E-state index contributed by atoms with van der Waals surface area (Å²) in [6, 6.07) is 8.20. The van der Waals surface area contributed by atoms with Gasteiger partial charge in [-0.2, -0.15) is 5.10 Å². The van der Waals surface area contributed by atoms with Crippen LogP contribution in [0.4, 0.5) is 10.2 Å². The van der Waals surface area contributed by atoms with E-state index in [2.05, 4.69) is 17.0 Å². The summed E-state index contributed by atoms with van der Waals surface area (Å²) < 4.78 is 15.3. The third-order valence-electron chi connectivity index (χ3n) is 3.06. The second-order valence-electron chi connectivity index (χ2n) is 4.75. The Labute approximate surface area is 122 Å². The maximum absolute atomic E-state index is 13.8. The van der Waals surface area contributed by atoms with Gasteiger partial charge in [0.05, 0.1) is 6.54 Å². The maximum atomic E-state index is 13.8. The van der Waals surface area contributed by atoms with Crippen molar-refractivity contribution in [3.8, 4) is 0 Å². The normalized spacial score (nSPS) is 11.9. The minimum atomic E-state index is -0.292. The smallest absolute Gasteiger partial charge is 0.143 e. The van der Waals surface area contributed by atoms with Crippen LogP contribution >= 0.6 is 0 Å². The summed E-state index contributed by atoms with van der Waals surface area (Å²) in [6.45, 7) is 5.89. The highest BCUT2D eigenvalue weighted by molar-refractivity contribution is 5.93. The van der Waals surface area contributed by atoms with Crippen LogP contribution in [0, 0.1) is 11.2 Å². The van der Waals surface area contributed by atoms with Gasteiger partial charge in [-0.05, 0) is 13.0 Å². The molecule has 0 aliphatic heterocycles. The predicted octanol–water partition coefficient (Wildman–Crippen LogP) is 2.34. The SMILES string of the molecule is C=CC(C)Nc1cc(C(=N)N)nn1Cc1ccccc1F. The Kier molecular flexibility index (Phi) is 4.37. The molecule has 2 rings (SSSR count). The number of benzene rings is 1. The molecule has 110 valence electrons. The Morgan fingerprint density at radius 2 is 2.29 bits per heavy atom. The lowest BCUT2D eigenvalue weighted by atomic mass is 10.2. The molecule has 0 amide bonds. The number of aromatic nitrogens is 2. The van der Waals surface area contributed by atoms with Gasteiger partial charge in [0.15, 0.2) is 0 Å². The number of rotatable bonds is 6. The molecule has 0 fully saturated rings. The van der Waals surface area contributed by atoms with Crippen LogP contribution in [-0.4, -0.2) is 21.7 Å². The number of amidine groups is 1. The number of hydrogen-bond donors (Lipinski definition) is 3. The van der Waals surface area contributed by atoms with E-state index < -0.39 is 0 Å². The van der Waals surface area contributed by atoms with Crippen LogP contribution in [0.3, 0.4) is 0 Å². The molecule has 0 aliphatic carbocycles. The van der Waals surface area contributed by atoms with E-state index in [0.717, 1.165) is 0 Å². The first-order valence-electron chi connectivity index (χ1n) is 6.56. The fourth-order valence-electron chi connectivity index (χ4n) is 1.87. The summed E-state index contributed by atoms with van der Waals surface area (Å²) in [4.78, 5) is 0. The average Bonchev–Trinajstić information content (AvgIpc) is 2.84. The Morgan fingerprint density at radius 1 is 1.57 bits per heavy atom. The number of anilines is 1. The third kappa shape index (κ3) is 3.47. The van der Waals surface area contributed by atoms with Crippen LogP contribution in [0.15, 0.2) is 43.0 Å². The molecule has 4 N–H and O–H groups in total. The first-order chi connectivity index (χ1) is 10.0. The molecule has 0 radical (unpaired) electrons. The Bertz CT molecular complexity index is 662. The summed E-state index contributed by atoms with van der Waals surface area (Å²) in [5.74, 6) is 0.243. The number of nitrogens with one attached hydrogen (secondary N) is 2. The molecule has 5 nitrogen and oxygen atoms in total. The van der Waals surface area contributed by atoms with Gasteiger partial charge in [0, 0.05) is 17.7 Å². The molecule has 21 heavy (non-hydrogen) atoms. The number of nitrogens with two attached hydrogens (primary N) is 1. The molecule has 0 saturated heterocycles. The standard InChI is InChI=1S/C15H18FN5/c1-3-10(2)19-14-8-13(15(17)18)20-21(14)9-11-6-4-5-7-12(11)16/h3-8,10,19H,1,9H2,2H3,(H3,17,18). The van der Waals surface area contributed by atoms with Crippen molar-refractivity contribution in [2.45, 2.75) is 19.5 Å². The molecular formula is C15H18FN5. The Morgan fingerprint density at radius 3 is 2.90 bits per heavy atom. The summed E-state index contributed by atoms with van der Waals surface area (Å²) in [5, 5.41) is 14.9. The monoisotopic (exact) mass is 287 g/mol. The minimum absolute atomic E-state index is 0.0147. The van der Waals surface area contributed by atoms with Crippen molar-refractivity contribution < 1.29 is 4.39 Å². The van der Waals surface area contributed by atoms with E-state index in [0.29, 0.717) is 17.1 Å². The lowest BCUT2D eigenvalue weighted by Crippen LogP contribution is -2.16. The average molecular weight is 287 g/mol. The van der Waals surface area contributed by atoms with E-state index in [-0.39, 0.29) is 24.2 Å². The predicted molar refractivity (Wildman–Crippen MR) is 82.0 cm³/mol. The zero-order valence-electron chi connectivity index (χ0n) is 11.8. The van der Waals surface area contributed by atoms with Gasteiger partial charge in [-0.15, -0.1) is 6.58 Å². The van der Waals surface area contributed by atoms with Crippen LogP contribution in [-0.2, 0) is 6.54 Å². The molecule has 6 heteroatoms. The first kappa shape index (κ1) is 14.8. The van der Waals surface area contributed by atoms with E-state index >= 15 is 0 Å². The van der Waals surface area contributed by atoms with Gasteiger partial charge in [0.2, 0.25) is 0 Å². The quantitative estimate of drug-likeness (QED) is 0.433. The summed E-state index contributed by atoms with van der Waals surface area (Å²) in [7, 11) is 0. The highest BCUT2D eigenvalue weighted by Crippen LogP contribution is 2.16. The minimum Gasteiger partial charge on any atom is -0.382 e. The van der Waals surface area contributed by atoms with E-state index in [1.165, 1.54) is 6.07 Å².